The summed E-state index contributed by atoms with van der Waals surface area (Å²) in [5, 5.41) is 6.89. The first-order valence-electron chi connectivity index (χ1n) is 8.89. The molecule has 0 saturated carbocycles. The van der Waals surface area contributed by atoms with Gasteiger partial charge in [0.1, 0.15) is 5.82 Å². The smallest absolute Gasteiger partial charge is 0.255 e. The van der Waals surface area contributed by atoms with E-state index in [1.54, 1.807) is 17.4 Å². The minimum Gasteiger partial charge on any atom is -0.378 e. The molecule has 1 N–H and O–H groups in total. The molecule has 7 nitrogen and oxygen atoms in total. The van der Waals surface area contributed by atoms with Gasteiger partial charge in [0.25, 0.3) is 5.91 Å². The van der Waals surface area contributed by atoms with Crippen molar-refractivity contribution < 1.29 is 17.9 Å². The Labute approximate surface area is 162 Å². The Morgan fingerprint density at radius 1 is 1.26 bits per heavy atom. The first-order chi connectivity index (χ1) is 13.0. The van der Waals surface area contributed by atoms with E-state index in [1.807, 2.05) is 22.9 Å². The van der Waals surface area contributed by atoms with Crippen LogP contribution in [0.4, 0.5) is 5.82 Å². The molecule has 144 valence electrons. The van der Waals surface area contributed by atoms with E-state index in [-0.39, 0.29) is 23.5 Å². The lowest BCUT2D eigenvalue weighted by atomic mass is 10.1. The fourth-order valence-electron chi connectivity index (χ4n) is 3.38. The zero-order chi connectivity index (χ0) is 18.9. The Morgan fingerprint density at radius 2 is 2.07 bits per heavy atom. The monoisotopic (exact) mass is 407 g/mol. The molecule has 2 aliphatic heterocycles. The second-order valence-electron chi connectivity index (χ2n) is 6.75. The zero-order valence-corrected chi connectivity index (χ0v) is 16.4. The molecule has 0 bridgehead atoms. The molecule has 0 aromatic carbocycles. The van der Waals surface area contributed by atoms with E-state index in [0.29, 0.717) is 44.1 Å². The number of anilines is 1. The highest BCUT2D eigenvalue weighted by atomic mass is 32.2. The summed E-state index contributed by atoms with van der Waals surface area (Å²) in [7, 11) is -3.05. The van der Waals surface area contributed by atoms with Crippen LogP contribution in [0.15, 0.2) is 29.0 Å². The van der Waals surface area contributed by atoms with Gasteiger partial charge in [-0.2, -0.15) is 11.3 Å². The molecule has 2 aromatic heterocycles. The van der Waals surface area contributed by atoms with Gasteiger partial charge in [-0.3, -0.25) is 4.79 Å². The van der Waals surface area contributed by atoms with E-state index in [9.17, 15) is 13.2 Å². The molecular weight excluding hydrogens is 386 g/mol. The molecular formula is C18H21N3O4S2. The minimum absolute atomic E-state index is 0.00600. The molecule has 2 fully saturated rings. The molecule has 2 aromatic rings. The third-order valence-corrected chi connectivity index (χ3v) is 7.27. The summed E-state index contributed by atoms with van der Waals surface area (Å²) in [6.45, 7) is 2.51. The van der Waals surface area contributed by atoms with Gasteiger partial charge >= 0.3 is 0 Å². The summed E-state index contributed by atoms with van der Waals surface area (Å²) in [4.78, 5) is 19.7. The SMILES string of the molecule is O=C(NC1CCS(=O)(=O)C1)c1ccc(-c2ccsc2)nc1N1CCOCC1. The summed E-state index contributed by atoms with van der Waals surface area (Å²) >= 11 is 1.60. The Balaban J connectivity index is 1.63. The predicted molar refractivity (Wildman–Crippen MR) is 105 cm³/mol. The average molecular weight is 408 g/mol. The Hall–Kier alpha value is -1.97. The quantitative estimate of drug-likeness (QED) is 0.828. The number of hydrogen-bond acceptors (Lipinski definition) is 7. The van der Waals surface area contributed by atoms with Gasteiger partial charge in [0.2, 0.25) is 0 Å². The van der Waals surface area contributed by atoms with Crippen molar-refractivity contribution >= 4 is 32.9 Å². The summed E-state index contributed by atoms with van der Waals surface area (Å²) in [5.41, 5.74) is 2.31. The maximum atomic E-state index is 12.9. The largest absolute Gasteiger partial charge is 0.378 e. The van der Waals surface area contributed by atoms with Crippen LogP contribution in [0.1, 0.15) is 16.8 Å². The molecule has 2 aliphatic rings. The maximum Gasteiger partial charge on any atom is 0.255 e. The van der Waals surface area contributed by atoms with E-state index >= 15 is 0 Å². The van der Waals surface area contributed by atoms with E-state index in [4.69, 9.17) is 9.72 Å². The van der Waals surface area contributed by atoms with Crippen LogP contribution in [0.5, 0.6) is 0 Å². The molecule has 1 unspecified atom stereocenters. The van der Waals surface area contributed by atoms with Crippen molar-refractivity contribution in [1.82, 2.24) is 10.3 Å². The number of nitrogens with one attached hydrogen (secondary N) is 1. The first-order valence-corrected chi connectivity index (χ1v) is 11.7. The van der Waals surface area contributed by atoms with Gasteiger partial charge in [-0.05, 0) is 30.0 Å². The van der Waals surface area contributed by atoms with Gasteiger partial charge in [0.05, 0.1) is 36.0 Å². The number of amides is 1. The van der Waals surface area contributed by atoms with Crippen LogP contribution >= 0.6 is 11.3 Å². The van der Waals surface area contributed by atoms with Crippen molar-refractivity contribution in [2.24, 2.45) is 0 Å². The third kappa shape index (κ3) is 4.15. The van der Waals surface area contributed by atoms with Crippen molar-refractivity contribution in [2.75, 3.05) is 42.7 Å². The van der Waals surface area contributed by atoms with Gasteiger partial charge in [-0.25, -0.2) is 13.4 Å². The number of ether oxygens (including phenoxy) is 1. The summed E-state index contributed by atoms with van der Waals surface area (Å²) in [6, 6.07) is 5.28. The molecule has 0 radical (unpaired) electrons. The van der Waals surface area contributed by atoms with Crippen molar-refractivity contribution in [1.29, 1.82) is 0 Å². The normalized spacial score (nSPS) is 21.9. The van der Waals surface area contributed by atoms with E-state index < -0.39 is 9.84 Å². The highest BCUT2D eigenvalue weighted by Gasteiger charge is 2.30. The van der Waals surface area contributed by atoms with Crippen LogP contribution < -0.4 is 10.2 Å². The summed E-state index contributed by atoms with van der Waals surface area (Å²) in [6.07, 6.45) is 0.460. The molecule has 0 aliphatic carbocycles. The van der Waals surface area contributed by atoms with Crippen LogP contribution in [0, 0.1) is 0 Å². The number of rotatable bonds is 4. The number of carbonyl (C=O) groups is 1. The minimum atomic E-state index is -3.05. The van der Waals surface area contributed by atoms with Gasteiger partial charge < -0.3 is 15.0 Å². The van der Waals surface area contributed by atoms with Gasteiger partial charge in [-0.1, -0.05) is 0 Å². The molecule has 0 spiro atoms. The molecule has 4 rings (SSSR count). The number of hydrogen-bond donors (Lipinski definition) is 1. The molecule has 1 atom stereocenters. The average Bonchev–Trinajstić information content (AvgIpc) is 3.31. The van der Waals surface area contributed by atoms with E-state index in [1.165, 1.54) is 0 Å². The standard InChI is InChI=1S/C18H21N3O4S2/c22-18(19-14-4-10-27(23,24)12-14)15-1-2-16(13-3-9-26-11-13)20-17(15)21-5-7-25-8-6-21/h1-3,9,11,14H,4-8,10,12H2,(H,19,22). The molecule has 9 heteroatoms. The van der Waals surface area contributed by atoms with Crippen molar-refractivity contribution in [2.45, 2.75) is 12.5 Å². The summed E-state index contributed by atoms with van der Waals surface area (Å²) in [5.74, 6) is 0.485. The van der Waals surface area contributed by atoms with Crippen LogP contribution in [-0.2, 0) is 14.6 Å². The number of aromatic nitrogens is 1. The van der Waals surface area contributed by atoms with Crippen LogP contribution in [-0.4, -0.2) is 63.2 Å². The predicted octanol–water partition coefficient (Wildman–Crippen LogP) is 1.56. The lowest BCUT2D eigenvalue weighted by Gasteiger charge is -2.29. The number of thiophene rings is 1. The zero-order valence-electron chi connectivity index (χ0n) is 14.8. The first kappa shape index (κ1) is 18.4. The molecule has 4 heterocycles. The lowest BCUT2D eigenvalue weighted by molar-refractivity contribution is 0.0939. The second-order valence-corrected chi connectivity index (χ2v) is 9.76. The summed E-state index contributed by atoms with van der Waals surface area (Å²) < 4.78 is 28.7. The van der Waals surface area contributed by atoms with Gasteiger partial charge in [0, 0.05) is 30.1 Å². The Bertz CT molecular complexity index is 922. The van der Waals surface area contributed by atoms with Gasteiger partial charge in [0.15, 0.2) is 9.84 Å². The van der Waals surface area contributed by atoms with Crippen molar-refractivity contribution in [3.05, 3.63) is 34.5 Å². The van der Waals surface area contributed by atoms with Crippen LogP contribution in [0.2, 0.25) is 0 Å². The Morgan fingerprint density at radius 3 is 2.74 bits per heavy atom. The fourth-order valence-corrected chi connectivity index (χ4v) is 5.71. The number of morpholine rings is 1. The van der Waals surface area contributed by atoms with Crippen LogP contribution in [0.25, 0.3) is 11.3 Å². The number of sulfone groups is 1. The topological polar surface area (TPSA) is 88.6 Å². The fraction of sp³-hybridized carbons (Fsp3) is 0.444. The Kier molecular flexibility index (Phi) is 5.16. The van der Waals surface area contributed by atoms with E-state index in [0.717, 1.165) is 11.3 Å². The number of carbonyl (C=O) groups excluding carboxylic acids is 1. The highest BCUT2D eigenvalue weighted by Crippen LogP contribution is 2.27. The number of pyridine rings is 1. The molecule has 2 saturated heterocycles. The van der Waals surface area contributed by atoms with Crippen molar-refractivity contribution in [3.63, 3.8) is 0 Å². The lowest BCUT2D eigenvalue weighted by Crippen LogP contribution is -2.40. The third-order valence-electron chi connectivity index (χ3n) is 4.81. The van der Waals surface area contributed by atoms with E-state index in [2.05, 4.69) is 10.2 Å². The van der Waals surface area contributed by atoms with Gasteiger partial charge in [-0.15, -0.1) is 0 Å². The maximum absolute atomic E-state index is 12.9. The highest BCUT2D eigenvalue weighted by molar-refractivity contribution is 7.91. The van der Waals surface area contributed by atoms with Crippen molar-refractivity contribution in [3.8, 4) is 11.3 Å². The molecule has 27 heavy (non-hydrogen) atoms. The molecule has 1 amide bonds. The van der Waals surface area contributed by atoms with Crippen LogP contribution in [0.3, 0.4) is 0 Å². The second kappa shape index (κ2) is 7.57. The number of nitrogens with zero attached hydrogens (tertiary/aromatic N) is 2.